The first-order valence-electron chi connectivity index (χ1n) is 16.1. The fourth-order valence-corrected chi connectivity index (χ4v) is 8.45. The molecular weight excluding hydrogens is 690 g/mol. The predicted molar refractivity (Wildman–Crippen MR) is 185 cm³/mol. The maximum atomic E-state index is 13.9. The van der Waals surface area contributed by atoms with Crippen LogP contribution in [0, 0.1) is 0 Å². The van der Waals surface area contributed by atoms with Gasteiger partial charge in [-0.2, -0.15) is 17.5 Å². The van der Waals surface area contributed by atoms with Gasteiger partial charge in [-0.3, -0.25) is 4.79 Å². The van der Waals surface area contributed by atoms with Crippen molar-refractivity contribution >= 4 is 26.0 Å². The van der Waals surface area contributed by atoms with Crippen LogP contribution in [-0.2, 0) is 31.0 Å². The Morgan fingerprint density at radius 2 is 1.50 bits per heavy atom. The zero-order chi connectivity index (χ0) is 36.5. The number of piperidine rings is 1. The summed E-state index contributed by atoms with van der Waals surface area (Å²) in [5.74, 6) is -0.569. The first-order chi connectivity index (χ1) is 23.4. The summed E-state index contributed by atoms with van der Waals surface area (Å²) in [4.78, 5) is 12.7. The topological polar surface area (TPSA) is 110 Å². The van der Waals surface area contributed by atoms with Gasteiger partial charge in [0.25, 0.3) is 15.9 Å². The van der Waals surface area contributed by atoms with Gasteiger partial charge in [-0.25, -0.2) is 21.6 Å². The first-order valence-corrected chi connectivity index (χ1v) is 19.0. The van der Waals surface area contributed by atoms with Crippen molar-refractivity contribution < 1.29 is 39.5 Å². The number of amides is 1. The van der Waals surface area contributed by atoms with E-state index in [0.717, 1.165) is 28.8 Å². The maximum absolute atomic E-state index is 13.9. The zero-order valence-corrected chi connectivity index (χ0v) is 29.7. The van der Waals surface area contributed by atoms with Gasteiger partial charge in [0, 0.05) is 13.1 Å². The average Bonchev–Trinajstić information content (AvgIpc) is 3.08. The second kappa shape index (κ2) is 14.2. The molecule has 1 N–H and O–H groups in total. The van der Waals surface area contributed by atoms with Gasteiger partial charge in [0.2, 0.25) is 10.0 Å². The molecule has 13 heteroatoms. The molecule has 0 spiro atoms. The zero-order valence-electron chi connectivity index (χ0n) is 28.1. The molecule has 1 amide bonds. The maximum Gasteiger partial charge on any atom is 0.416 e. The number of rotatable bonds is 10. The van der Waals surface area contributed by atoms with Crippen LogP contribution < -0.4 is 9.46 Å². The molecule has 0 aliphatic carbocycles. The van der Waals surface area contributed by atoms with Crippen LogP contribution in [0.5, 0.6) is 5.75 Å². The lowest BCUT2D eigenvalue weighted by molar-refractivity contribution is -0.137. The molecule has 0 saturated carbocycles. The minimum atomic E-state index is -4.65. The Labute approximate surface area is 291 Å². The molecule has 5 rings (SSSR count). The van der Waals surface area contributed by atoms with Gasteiger partial charge in [0.1, 0.15) is 5.75 Å². The number of carbonyl (C=O) groups excluding carboxylic acids is 1. The monoisotopic (exact) mass is 728 g/mol. The van der Waals surface area contributed by atoms with E-state index in [9.17, 15) is 34.8 Å². The Hall–Kier alpha value is -4.20. The number of ether oxygens (including phenoxy) is 1. The van der Waals surface area contributed by atoms with Gasteiger partial charge >= 0.3 is 6.18 Å². The number of alkyl halides is 3. The number of sulfonamides is 2. The fraction of sp³-hybridized carbons (Fsp3) is 0.324. The summed E-state index contributed by atoms with van der Waals surface area (Å²) >= 11 is 0. The molecule has 1 saturated heterocycles. The number of halogens is 3. The Balaban J connectivity index is 1.27. The molecule has 4 aromatic rings. The SMILES string of the molecule is CC(C)c1ccc(-c2cccc(S(=O)(=O)N3CCC[C@@H](c4cccc(OC(C)(C)C(=O)NS(=O)(=O)c5ccc(C(F)(F)F)cc5)c4)C3)c2)cc1. The Kier molecular flexibility index (Phi) is 10.5. The van der Waals surface area contributed by atoms with Crippen molar-refractivity contribution in [2.75, 3.05) is 13.1 Å². The van der Waals surface area contributed by atoms with E-state index in [2.05, 4.69) is 13.8 Å². The van der Waals surface area contributed by atoms with Crippen LogP contribution in [-0.4, -0.2) is 45.7 Å². The summed E-state index contributed by atoms with van der Waals surface area (Å²) in [6, 6.07) is 24.6. The highest BCUT2D eigenvalue weighted by Gasteiger charge is 2.36. The van der Waals surface area contributed by atoms with E-state index in [0.29, 0.717) is 37.4 Å². The van der Waals surface area contributed by atoms with Crippen LogP contribution in [0.15, 0.2) is 107 Å². The number of hydrogen-bond donors (Lipinski definition) is 1. The van der Waals surface area contributed by atoms with E-state index in [1.165, 1.54) is 23.7 Å². The van der Waals surface area contributed by atoms with Crippen molar-refractivity contribution in [3.05, 3.63) is 114 Å². The molecule has 266 valence electrons. The van der Waals surface area contributed by atoms with E-state index in [1.807, 2.05) is 41.1 Å². The van der Waals surface area contributed by atoms with E-state index in [1.54, 1.807) is 36.4 Å². The summed E-state index contributed by atoms with van der Waals surface area (Å²) in [6.45, 7) is 7.55. The number of benzene rings is 4. The highest BCUT2D eigenvalue weighted by Crippen LogP contribution is 2.34. The number of nitrogens with zero attached hydrogens (tertiary/aromatic N) is 1. The molecule has 1 fully saturated rings. The van der Waals surface area contributed by atoms with E-state index in [4.69, 9.17) is 4.74 Å². The largest absolute Gasteiger partial charge is 0.478 e. The van der Waals surface area contributed by atoms with Crippen molar-refractivity contribution in [3.63, 3.8) is 0 Å². The molecule has 4 aromatic carbocycles. The van der Waals surface area contributed by atoms with Gasteiger partial charge in [-0.05, 0) is 109 Å². The Morgan fingerprint density at radius 1 is 0.840 bits per heavy atom. The highest BCUT2D eigenvalue weighted by molar-refractivity contribution is 7.90. The van der Waals surface area contributed by atoms with Crippen molar-refractivity contribution in [2.24, 2.45) is 0 Å². The minimum Gasteiger partial charge on any atom is -0.478 e. The molecule has 1 heterocycles. The lowest BCUT2D eigenvalue weighted by Crippen LogP contribution is -2.48. The first kappa shape index (κ1) is 37.1. The van der Waals surface area contributed by atoms with Gasteiger partial charge < -0.3 is 4.74 Å². The Morgan fingerprint density at radius 3 is 2.14 bits per heavy atom. The van der Waals surface area contributed by atoms with Crippen LogP contribution in [0.2, 0.25) is 0 Å². The molecule has 8 nitrogen and oxygen atoms in total. The predicted octanol–water partition coefficient (Wildman–Crippen LogP) is 7.73. The number of nitrogens with one attached hydrogen (secondary N) is 1. The standard InChI is InChI=1S/C37H39F3N2O6S2/c1-25(2)26-13-15-27(16-14-26)29-9-6-12-34(23-29)50(46,47)42-21-7-10-30(24-42)28-8-5-11-32(22-28)48-36(3,4)35(43)41-49(44,45)33-19-17-31(18-20-33)37(38,39)40/h5-6,8-9,11-20,22-23,25,30H,7,10,21,24H2,1-4H3,(H,41,43)/t30-/m1/s1. The van der Waals surface area contributed by atoms with Crippen LogP contribution in [0.25, 0.3) is 11.1 Å². The highest BCUT2D eigenvalue weighted by atomic mass is 32.2. The summed E-state index contributed by atoms with van der Waals surface area (Å²) < 4.78 is 101. The molecule has 1 aliphatic heterocycles. The summed E-state index contributed by atoms with van der Waals surface area (Å²) in [5, 5.41) is 0. The van der Waals surface area contributed by atoms with Crippen LogP contribution in [0.1, 0.15) is 69.1 Å². The molecule has 0 unspecified atom stereocenters. The van der Waals surface area contributed by atoms with E-state index >= 15 is 0 Å². The smallest absolute Gasteiger partial charge is 0.416 e. The van der Waals surface area contributed by atoms with Crippen LogP contribution in [0.4, 0.5) is 13.2 Å². The Bertz CT molecular complexity index is 2060. The van der Waals surface area contributed by atoms with Crippen molar-refractivity contribution in [2.45, 2.75) is 73.9 Å². The molecule has 1 aliphatic rings. The van der Waals surface area contributed by atoms with Gasteiger partial charge in [0.15, 0.2) is 5.60 Å². The van der Waals surface area contributed by atoms with Crippen LogP contribution >= 0.6 is 0 Å². The number of carbonyl (C=O) groups is 1. The minimum absolute atomic E-state index is 0.175. The summed E-state index contributed by atoms with van der Waals surface area (Å²) in [6.07, 6.45) is -3.30. The molecule has 0 radical (unpaired) electrons. The second-order valence-electron chi connectivity index (χ2n) is 13.1. The lowest BCUT2D eigenvalue weighted by atomic mass is 9.91. The molecule has 0 bridgehead atoms. The molecule has 1 atom stereocenters. The van der Waals surface area contributed by atoms with Crippen molar-refractivity contribution in [3.8, 4) is 16.9 Å². The van der Waals surface area contributed by atoms with Gasteiger partial charge in [0.05, 0.1) is 15.4 Å². The van der Waals surface area contributed by atoms with Crippen LogP contribution in [0.3, 0.4) is 0 Å². The second-order valence-corrected chi connectivity index (χ2v) is 16.8. The van der Waals surface area contributed by atoms with Crippen molar-refractivity contribution in [1.29, 1.82) is 0 Å². The van der Waals surface area contributed by atoms with E-state index in [-0.39, 0.29) is 23.1 Å². The fourth-order valence-electron chi connectivity index (χ4n) is 5.78. The lowest BCUT2D eigenvalue weighted by Gasteiger charge is -2.32. The quantitative estimate of drug-likeness (QED) is 0.179. The molecule has 0 aromatic heterocycles. The third kappa shape index (κ3) is 8.39. The number of hydrogen-bond acceptors (Lipinski definition) is 6. The summed E-state index contributed by atoms with van der Waals surface area (Å²) in [7, 11) is -8.32. The molecule has 50 heavy (non-hydrogen) atoms. The van der Waals surface area contributed by atoms with Crippen molar-refractivity contribution in [1.82, 2.24) is 9.03 Å². The van der Waals surface area contributed by atoms with E-state index < -0.39 is 48.2 Å². The summed E-state index contributed by atoms with van der Waals surface area (Å²) in [5.41, 5.74) is 0.979. The normalized spacial score (nSPS) is 16.3. The third-order valence-corrected chi connectivity index (χ3v) is 11.9. The third-order valence-electron chi connectivity index (χ3n) is 8.73. The van der Waals surface area contributed by atoms with Gasteiger partial charge in [-0.1, -0.05) is 62.4 Å². The van der Waals surface area contributed by atoms with Gasteiger partial charge in [-0.15, -0.1) is 0 Å². The average molecular weight is 729 g/mol. The molecular formula is C37H39F3N2O6S2.